The zero-order chi connectivity index (χ0) is 21.2. The minimum absolute atomic E-state index is 0.787. The molecule has 0 spiro atoms. The summed E-state index contributed by atoms with van der Waals surface area (Å²) in [6.45, 7) is 7.54. The predicted octanol–water partition coefficient (Wildman–Crippen LogP) is 4.45. The van der Waals surface area contributed by atoms with Crippen molar-refractivity contribution in [3.05, 3.63) is 78.5 Å². The molecule has 1 saturated heterocycles. The van der Waals surface area contributed by atoms with Gasteiger partial charge in [-0.1, -0.05) is 18.2 Å². The van der Waals surface area contributed by atoms with Crippen molar-refractivity contribution in [3.63, 3.8) is 0 Å². The van der Waals surface area contributed by atoms with Crippen LogP contribution in [0.3, 0.4) is 0 Å². The second kappa shape index (κ2) is 8.32. The molecule has 31 heavy (non-hydrogen) atoms. The minimum Gasteiger partial charge on any atom is -0.378 e. The fourth-order valence-corrected chi connectivity index (χ4v) is 4.14. The van der Waals surface area contributed by atoms with E-state index in [0.717, 1.165) is 66.2 Å². The summed E-state index contributed by atoms with van der Waals surface area (Å²) in [7, 11) is 0. The van der Waals surface area contributed by atoms with Gasteiger partial charge in [-0.05, 0) is 50.2 Å². The number of morpholine rings is 1. The molecule has 0 atom stereocenters. The lowest BCUT2D eigenvalue weighted by Crippen LogP contribution is -2.36. The molecule has 1 fully saturated rings. The molecule has 3 aromatic heterocycles. The summed E-state index contributed by atoms with van der Waals surface area (Å²) in [6.07, 6.45) is 3.66. The minimum atomic E-state index is 0.787. The van der Waals surface area contributed by atoms with Gasteiger partial charge >= 0.3 is 0 Å². The molecule has 0 amide bonds. The van der Waals surface area contributed by atoms with Crippen molar-refractivity contribution in [1.82, 2.24) is 19.5 Å². The number of imidazole rings is 1. The molecule has 1 aliphatic heterocycles. The van der Waals surface area contributed by atoms with Gasteiger partial charge in [-0.3, -0.25) is 9.55 Å². The van der Waals surface area contributed by atoms with E-state index >= 15 is 0 Å². The molecule has 6 nitrogen and oxygen atoms in total. The standard InChI is InChI=1S/C25H25N5O/c1-18-25(28-19(2)30(18)24-5-3-4-11-27-24)21-10-12-26-23(17-21)20-6-8-22(9-7-20)29-13-15-31-16-14-29/h3-12,17H,13-16H2,1-2H3. The van der Waals surface area contributed by atoms with Gasteiger partial charge in [-0.25, -0.2) is 9.97 Å². The largest absolute Gasteiger partial charge is 0.378 e. The number of pyridine rings is 2. The average molecular weight is 412 g/mol. The van der Waals surface area contributed by atoms with Gasteiger partial charge in [-0.15, -0.1) is 0 Å². The Bertz CT molecular complexity index is 1180. The van der Waals surface area contributed by atoms with Gasteiger partial charge in [0.15, 0.2) is 0 Å². The topological polar surface area (TPSA) is 56.1 Å². The number of aryl methyl sites for hydroxylation is 1. The van der Waals surface area contributed by atoms with E-state index in [0.29, 0.717) is 0 Å². The summed E-state index contributed by atoms with van der Waals surface area (Å²) in [5, 5.41) is 0. The van der Waals surface area contributed by atoms with Crippen molar-refractivity contribution < 1.29 is 4.74 Å². The second-order valence-electron chi connectivity index (χ2n) is 7.69. The number of rotatable bonds is 4. The number of ether oxygens (including phenoxy) is 1. The Morgan fingerprint density at radius 1 is 0.839 bits per heavy atom. The molecular formula is C25H25N5O. The third-order valence-electron chi connectivity index (χ3n) is 5.73. The zero-order valence-electron chi connectivity index (χ0n) is 17.8. The van der Waals surface area contributed by atoms with Crippen molar-refractivity contribution >= 4 is 5.69 Å². The smallest absolute Gasteiger partial charge is 0.138 e. The van der Waals surface area contributed by atoms with E-state index in [-0.39, 0.29) is 0 Å². The number of nitrogens with zero attached hydrogens (tertiary/aromatic N) is 5. The van der Waals surface area contributed by atoms with Gasteiger partial charge in [0, 0.05) is 48.0 Å². The quantitative estimate of drug-likeness (QED) is 0.497. The Morgan fingerprint density at radius 2 is 1.65 bits per heavy atom. The van der Waals surface area contributed by atoms with E-state index in [1.807, 2.05) is 37.4 Å². The molecule has 4 aromatic rings. The van der Waals surface area contributed by atoms with Gasteiger partial charge in [0.25, 0.3) is 0 Å². The Hall–Kier alpha value is -3.51. The van der Waals surface area contributed by atoms with Crippen LogP contribution >= 0.6 is 0 Å². The normalized spacial score (nSPS) is 14.1. The lowest BCUT2D eigenvalue weighted by molar-refractivity contribution is 0.122. The Balaban J connectivity index is 1.46. The van der Waals surface area contributed by atoms with E-state index in [2.05, 4.69) is 56.7 Å². The van der Waals surface area contributed by atoms with E-state index < -0.39 is 0 Å². The van der Waals surface area contributed by atoms with Crippen molar-refractivity contribution in [2.45, 2.75) is 13.8 Å². The van der Waals surface area contributed by atoms with Gasteiger partial charge < -0.3 is 9.64 Å². The molecule has 5 rings (SSSR count). The van der Waals surface area contributed by atoms with Crippen LogP contribution < -0.4 is 4.90 Å². The summed E-state index contributed by atoms with van der Waals surface area (Å²) < 4.78 is 7.54. The molecule has 0 unspecified atom stereocenters. The van der Waals surface area contributed by atoms with Crippen LogP contribution in [0.1, 0.15) is 11.5 Å². The van der Waals surface area contributed by atoms with E-state index in [9.17, 15) is 0 Å². The van der Waals surface area contributed by atoms with Gasteiger partial charge in [0.05, 0.1) is 24.6 Å². The highest BCUT2D eigenvalue weighted by Gasteiger charge is 2.16. The van der Waals surface area contributed by atoms with Gasteiger partial charge in [0.2, 0.25) is 0 Å². The number of aromatic nitrogens is 4. The highest BCUT2D eigenvalue weighted by Crippen LogP contribution is 2.29. The summed E-state index contributed by atoms with van der Waals surface area (Å²) in [5.41, 5.74) is 6.34. The SMILES string of the molecule is Cc1nc(-c2ccnc(-c3ccc(N4CCOCC4)cc3)c2)c(C)n1-c1ccccn1. The highest BCUT2D eigenvalue weighted by atomic mass is 16.5. The van der Waals surface area contributed by atoms with Crippen LogP contribution in [0.5, 0.6) is 0 Å². The third-order valence-corrected chi connectivity index (χ3v) is 5.73. The van der Waals surface area contributed by atoms with Gasteiger partial charge in [0.1, 0.15) is 11.6 Å². The zero-order valence-corrected chi connectivity index (χ0v) is 17.8. The summed E-state index contributed by atoms with van der Waals surface area (Å²) in [6, 6.07) is 18.7. The maximum atomic E-state index is 5.45. The van der Waals surface area contributed by atoms with Gasteiger partial charge in [-0.2, -0.15) is 0 Å². The summed E-state index contributed by atoms with van der Waals surface area (Å²) >= 11 is 0. The average Bonchev–Trinajstić information content (AvgIpc) is 3.14. The first-order chi connectivity index (χ1) is 15.2. The van der Waals surface area contributed by atoms with Crippen LogP contribution in [0.25, 0.3) is 28.3 Å². The monoisotopic (exact) mass is 411 g/mol. The predicted molar refractivity (Wildman–Crippen MR) is 123 cm³/mol. The Morgan fingerprint density at radius 3 is 2.39 bits per heavy atom. The molecule has 0 aliphatic carbocycles. The highest BCUT2D eigenvalue weighted by molar-refractivity contribution is 5.71. The molecule has 4 heterocycles. The molecule has 1 aromatic carbocycles. The van der Waals surface area contributed by atoms with Crippen LogP contribution in [0.15, 0.2) is 67.0 Å². The van der Waals surface area contributed by atoms with Crippen LogP contribution in [0.4, 0.5) is 5.69 Å². The fourth-order valence-electron chi connectivity index (χ4n) is 4.14. The number of hydrogen-bond donors (Lipinski definition) is 0. The van der Waals surface area contributed by atoms with Crippen LogP contribution in [-0.2, 0) is 4.74 Å². The Kier molecular flexibility index (Phi) is 5.22. The molecular weight excluding hydrogens is 386 g/mol. The summed E-state index contributed by atoms with van der Waals surface area (Å²) in [5.74, 6) is 1.80. The molecule has 0 saturated carbocycles. The number of anilines is 1. The first-order valence-electron chi connectivity index (χ1n) is 10.6. The van der Waals surface area contributed by atoms with Crippen LogP contribution in [0.2, 0.25) is 0 Å². The summed E-state index contributed by atoms with van der Waals surface area (Å²) in [4.78, 5) is 16.3. The maximum absolute atomic E-state index is 5.45. The van der Waals surface area contributed by atoms with Crippen molar-refractivity contribution in [2.24, 2.45) is 0 Å². The molecule has 156 valence electrons. The lowest BCUT2D eigenvalue weighted by Gasteiger charge is -2.28. The van der Waals surface area contributed by atoms with Crippen LogP contribution in [-0.4, -0.2) is 45.8 Å². The third kappa shape index (κ3) is 3.82. The first kappa shape index (κ1) is 19.5. The molecule has 6 heteroatoms. The molecule has 0 bridgehead atoms. The fraction of sp³-hybridized carbons (Fsp3) is 0.240. The molecule has 0 N–H and O–H groups in total. The first-order valence-corrected chi connectivity index (χ1v) is 10.6. The van der Waals surface area contributed by atoms with Crippen molar-refractivity contribution in [1.29, 1.82) is 0 Å². The Labute approximate surface area is 182 Å². The maximum Gasteiger partial charge on any atom is 0.138 e. The lowest BCUT2D eigenvalue weighted by atomic mass is 10.1. The van der Waals surface area contributed by atoms with E-state index in [1.165, 1.54) is 5.69 Å². The van der Waals surface area contributed by atoms with E-state index in [1.54, 1.807) is 6.20 Å². The van der Waals surface area contributed by atoms with Crippen molar-refractivity contribution in [2.75, 3.05) is 31.2 Å². The molecule has 1 aliphatic rings. The van der Waals surface area contributed by atoms with Crippen LogP contribution in [0, 0.1) is 13.8 Å². The molecule has 0 radical (unpaired) electrons. The van der Waals surface area contributed by atoms with Crippen molar-refractivity contribution in [3.8, 4) is 28.3 Å². The van der Waals surface area contributed by atoms with E-state index in [4.69, 9.17) is 9.72 Å². The second-order valence-corrected chi connectivity index (χ2v) is 7.69. The number of hydrogen-bond acceptors (Lipinski definition) is 5. The number of benzene rings is 1.